The van der Waals surface area contributed by atoms with E-state index < -0.39 is 41.1 Å². The van der Waals surface area contributed by atoms with E-state index >= 15 is 0 Å². The van der Waals surface area contributed by atoms with Gasteiger partial charge in [-0.2, -0.15) is 0 Å². The molecule has 4 N–H and O–H groups in total. The molecule has 8 nitrogen and oxygen atoms in total. The smallest absolute Gasteiger partial charge is 0.328 e. The van der Waals surface area contributed by atoms with Crippen LogP contribution in [0, 0.1) is 5.41 Å². The molecule has 1 fully saturated rings. The van der Waals surface area contributed by atoms with Gasteiger partial charge in [-0.25, -0.2) is 4.79 Å². The number of ether oxygens (including phenoxy) is 1. The first-order chi connectivity index (χ1) is 15.1. The van der Waals surface area contributed by atoms with Crippen molar-refractivity contribution in [2.45, 2.75) is 84.7 Å². The summed E-state index contributed by atoms with van der Waals surface area (Å²) in [5, 5.41) is 13.7. The fourth-order valence-electron chi connectivity index (χ4n) is 3.65. The molecule has 0 spiro atoms. The second-order valence-electron chi connectivity index (χ2n) is 10.5. The summed E-state index contributed by atoms with van der Waals surface area (Å²) in [6, 6.07) is 3.19. The summed E-state index contributed by atoms with van der Waals surface area (Å²) in [4.78, 5) is 39.6. The van der Waals surface area contributed by atoms with Crippen molar-refractivity contribution in [1.82, 2.24) is 10.2 Å². The number of aliphatic hydroxyl groups is 1. The fraction of sp³-hybridized carbons (Fsp3) is 0.625. The minimum atomic E-state index is -1.20. The van der Waals surface area contributed by atoms with Crippen molar-refractivity contribution in [1.29, 1.82) is 0 Å². The molecule has 33 heavy (non-hydrogen) atoms. The van der Waals surface area contributed by atoms with E-state index in [9.17, 15) is 19.5 Å². The van der Waals surface area contributed by atoms with E-state index in [0.29, 0.717) is 35.5 Å². The second-order valence-corrected chi connectivity index (χ2v) is 11.0. The molecule has 0 radical (unpaired) electrons. The van der Waals surface area contributed by atoms with Crippen LogP contribution in [0.4, 0.5) is 0 Å². The van der Waals surface area contributed by atoms with Crippen molar-refractivity contribution >= 4 is 29.4 Å². The zero-order valence-corrected chi connectivity index (χ0v) is 21.0. The van der Waals surface area contributed by atoms with Crippen LogP contribution in [0.3, 0.4) is 0 Å². The molecular weight excluding hydrogens is 446 g/mol. The number of esters is 1. The summed E-state index contributed by atoms with van der Waals surface area (Å²) in [5.41, 5.74) is 5.91. The highest BCUT2D eigenvalue weighted by Crippen LogP contribution is 2.27. The molecule has 3 atom stereocenters. The predicted molar refractivity (Wildman–Crippen MR) is 126 cm³/mol. The lowest BCUT2D eigenvalue weighted by Crippen LogP contribution is -2.51. The monoisotopic (exact) mass is 481 g/mol. The highest BCUT2D eigenvalue weighted by atomic mass is 35.5. The van der Waals surface area contributed by atoms with Crippen molar-refractivity contribution in [3.05, 3.63) is 34.3 Å². The molecule has 9 heteroatoms. The molecule has 0 saturated carbocycles. The third-order valence-electron chi connectivity index (χ3n) is 5.45. The van der Waals surface area contributed by atoms with Gasteiger partial charge < -0.3 is 25.8 Å². The first-order valence-corrected chi connectivity index (χ1v) is 11.5. The second kappa shape index (κ2) is 10.4. The maximum atomic E-state index is 13.0. The average Bonchev–Trinajstić information content (AvgIpc) is 3.18. The van der Waals surface area contributed by atoms with Crippen molar-refractivity contribution < 1.29 is 24.2 Å². The van der Waals surface area contributed by atoms with E-state index in [-0.39, 0.29) is 12.5 Å². The number of nitrogens with zero attached hydrogens (tertiary/aromatic N) is 1. The minimum Gasteiger partial charge on any atom is -0.459 e. The third-order valence-corrected chi connectivity index (χ3v) is 5.68. The maximum Gasteiger partial charge on any atom is 0.328 e. The Balaban J connectivity index is 2.14. The van der Waals surface area contributed by atoms with Crippen LogP contribution >= 0.6 is 11.6 Å². The molecule has 184 valence electrons. The van der Waals surface area contributed by atoms with Gasteiger partial charge in [-0.3, -0.25) is 9.59 Å². The lowest BCUT2D eigenvalue weighted by atomic mass is 9.88. The van der Waals surface area contributed by atoms with Crippen molar-refractivity contribution in [3.8, 4) is 0 Å². The number of nitrogens with two attached hydrogens (primary N) is 1. The zero-order valence-electron chi connectivity index (χ0n) is 20.3. The highest BCUT2D eigenvalue weighted by Gasteiger charge is 2.40. The number of likely N-dealkylation sites (tertiary alicyclic amines) is 1. The molecule has 1 unspecified atom stereocenters. The summed E-state index contributed by atoms with van der Waals surface area (Å²) < 4.78 is 5.38. The van der Waals surface area contributed by atoms with E-state index in [0.717, 1.165) is 0 Å². The van der Waals surface area contributed by atoms with E-state index in [1.165, 1.54) is 4.90 Å². The number of halogens is 1. The van der Waals surface area contributed by atoms with Gasteiger partial charge >= 0.3 is 5.97 Å². The van der Waals surface area contributed by atoms with Gasteiger partial charge in [0.1, 0.15) is 23.8 Å². The molecule has 2 amide bonds. The number of nitrogens with one attached hydrogen (secondary N) is 1. The van der Waals surface area contributed by atoms with Crippen LogP contribution in [0.5, 0.6) is 0 Å². The molecule has 1 heterocycles. The van der Waals surface area contributed by atoms with Gasteiger partial charge in [-0.15, -0.1) is 0 Å². The predicted octanol–water partition coefficient (Wildman–Crippen LogP) is 2.70. The van der Waals surface area contributed by atoms with E-state index in [1.807, 2.05) is 0 Å². The number of carbonyl (C=O) groups excluding carboxylic acids is 3. The fourth-order valence-corrected chi connectivity index (χ4v) is 3.85. The zero-order chi connectivity index (χ0) is 25.1. The molecule has 2 rings (SSSR count). The van der Waals surface area contributed by atoms with E-state index in [4.69, 9.17) is 22.1 Å². The first kappa shape index (κ1) is 27.1. The van der Waals surface area contributed by atoms with Gasteiger partial charge in [0, 0.05) is 18.1 Å². The summed E-state index contributed by atoms with van der Waals surface area (Å²) in [7, 11) is 0. The van der Waals surface area contributed by atoms with Gasteiger partial charge in [0.05, 0.1) is 0 Å². The lowest BCUT2D eigenvalue weighted by Gasteiger charge is -2.31. The van der Waals surface area contributed by atoms with Gasteiger partial charge in [0.15, 0.2) is 0 Å². The van der Waals surface area contributed by atoms with Crippen LogP contribution < -0.4 is 11.1 Å². The summed E-state index contributed by atoms with van der Waals surface area (Å²) in [6.45, 7) is 11.1. The summed E-state index contributed by atoms with van der Waals surface area (Å²) in [5.74, 6) is -1.37. The Morgan fingerprint density at radius 2 is 1.88 bits per heavy atom. The standard InChI is InChI=1S/C24H36ClN3O5/c1-23(2,3)19(29)21(31)28-11-7-8-17(28)20(30)27-13-14-12-15(25)9-10-16(14)18(26)22(32)33-24(4,5)6/h9-10,12,17-19,29H,7-8,11,13,26H2,1-6H3,(H,27,30)/t17-,18?,19-/m0/s1. The number of hydrogen-bond donors (Lipinski definition) is 3. The average molecular weight is 482 g/mol. The Labute approximate surface area is 200 Å². The number of amides is 2. The molecule has 1 saturated heterocycles. The van der Waals surface area contributed by atoms with E-state index in [1.54, 1.807) is 59.7 Å². The van der Waals surface area contributed by atoms with E-state index in [2.05, 4.69) is 5.32 Å². The Bertz CT molecular complexity index is 891. The summed E-state index contributed by atoms with van der Waals surface area (Å²) in [6.07, 6.45) is -0.0155. The normalized spacial score (nSPS) is 18.6. The highest BCUT2D eigenvalue weighted by molar-refractivity contribution is 6.30. The molecule has 1 aliphatic heterocycles. The largest absolute Gasteiger partial charge is 0.459 e. The van der Waals surface area contributed by atoms with Crippen LogP contribution in [0.2, 0.25) is 5.02 Å². The number of hydrogen-bond acceptors (Lipinski definition) is 6. The molecule has 1 aromatic rings. The van der Waals surface area contributed by atoms with Crippen LogP contribution in [-0.4, -0.2) is 52.1 Å². The number of rotatable bonds is 6. The van der Waals surface area contributed by atoms with Crippen LogP contribution in [0.25, 0.3) is 0 Å². The van der Waals surface area contributed by atoms with Gasteiger partial charge in [0.2, 0.25) is 5.91 Å². The molecule has 0 aromatic heterocycles. The molecule has 0 bridgehead atoms. The lowest BCUT2D eigenvalue weighted by molar-refractivity contribution is -0.156. The third kappa shape index (κ3) is 7.16. The van der Waals surface area contributed by atoms with Crippen LogP contribution in [0.15, 0.2) is 18.2 Å². The number of benzene rings is 1. The SMILES string of the molecule is CC(C)(C)OC(=O)C(N)c1ccc(Cl)cc1CNC(=O)[C@@H]1CCCN1C(=O)[C@H](O)C(C)(C)C. The molecule has 1 aliphatic rings. The molecular formula is C24H36ClN3O5. The van der Waals surface area contributed by atoms with Crippen molar-refractivity contribution in [2.75, 3.05) is 6.54 Å². The van der Waals surface area contributed by atoms with Crippen molar-refractivity contribution in [2.24, 2.45) is 11.1 Å². The Kier molecular flexibility index (Phi) is 8.54. The number of aliphatic hydroxyl groups excluding tert-OH is 1. The Morgan fingerprint density at radius 1 is 1.24 bits per heavy atom. The summed E-state index contributed by atoms with van der Waals surface area (Å²) >= 11 is 6.14. The van der Waals surface area contributed by atoms with Crippen molar-refractivity contribution in [3.63, 3.8) is 0 Å². The topological polar surface area (TPSA) is 122 Å². The van der Waals surface area contributed by atoms with Crippen LogP contribution in [-0.2, 0) is 25.7 Å². The first-order valence-electron chi connectivity index (χ1n) is 11.1. The van der Waals surface area contributed by atoms with Gasteiger partial charge in [-0.05, 0) is 62.3 Å². The molecule has 1 aromatic carbocycles. The minimum absolute atomic E-state index is 0.0750. The van der Waals surface area contributed by atoms with Gasteiger partial charge in [-0.1, -0.05) is 38.4 Å². The maximum absolute atomic E-state index is 13.0. The Hall–Kier alpha value is -2.16. The van der Waals surface area contributed by atoms with Gasteiger partial charge in [0.25, 0.3) is 5.91 Å². The quantitative estimate of drug-likeness (QED) is 0.537. The number of carbonyl (C=O) groups is 3. The van der Waals surface area contributed by atoms with Crippen LogP contribution in [0.1, 0.15) is 71.6 Å². The molecule has 0 aliphatic carbocycles. The Morgan fingerprint density at radius 3 is 2.45 bits per heavy atom.